The van der Waals surface area contributed by atoms with Gasteiger partial charge in [-0.3, -0.25) is 4.79 Å². The summed E-state index contributed by atoms with van der Waals surface area (Å²) in [6, 6.07) is 16.7. The van der Waals surface area contributed by atoms with Crippen molar-refractivity contribution in [1.29, 1.82) is 0 Å². The van der Waals surface area contributed by atoms with E-state index in [2.05, 4.69) is 15.5 Å². The first kappa shape index (κ1) is 25.3. The summed E-state index contributed by atoms with van der Waals surface area (Å²) in [7, 11) is 4.72. The standard InChI is InChI=1S/C25H24N4O5S2/c1-29-20(13-34-18-7-5-4-6-8-18)27-28-25(29)36-15-21(30)26-23-22(24(31)33-3)19(14-35-23)16-9-11-17(32-2)12-10-16/h4-12,14H,13,15H2,1-3H3,(H,26,30). The van der Waals surface area contributed by atoms with E-state index in [1.165, 1.54) is 30.2 Å². The van der Waals surface area contributed by atoms with Gasteiger partial charge in [-0.1, -0.05) is 42.1 Å². The van der Waals surface area contributed by atoms with E-state index in [0.29, 0.717) is 32.9 Å². The number of esters is 1. The zero-order valence-electron chi connectivity index (χ0n) is 19.9. The summed E-state index contributed by atoms with van der Waals surface area (Å²) in [6.45, 7) is 0.256. The summed E-state index contributed by atoms with van der Waals surface area (Å²) >= 11 is 2.50. The maximum atomic E-state index is 12.7. The van der Waals surface area contributed by atoms with Crippen LogP contribution in [-0.4, -0.2) is 46.6 Å². The van der Waals surface area contributed by atoms with Crippen molar-refractivity contribution < 1.29 is 23.8 Å². The molecule has 186 valence electrons. The molecule has 0 spiro atoms. The third kappa shape index (κ3) is 5.86. The Balaban J connectivity index is 1.41. The van der Waals surface area contributed by atoms with Crippen molar-refractivity contribution in [2.24, 2.45) is 7.05 Å². The first-order valence-electron chi connectivity index (χ1n) is 10.8. The molecule has 1 amide bonds. The summed E-state index contributed by atoms with van der Waals surface area (Å²) in [5.74, 6) is 1.36. The Morgan fingerprint density at radius 1 is 1.03 bits per heavy atom. The number of thioether (sulfide) groups is 1. The number of carbonyl (C=O) groups is 2. The van der Waals surface area contributed by atoms with E-state index in [9.17, 15) is 9.59 Å². The van der Waals surface area contributed by atoms with Crippen LogP contribution in [0.2, 0.25) is 0 Å². The van der Waals surface area contributed by atoms with Crippen LogP contribution in [0.5, 0.6) is 11.5 Å². The molecule has 2 aromatic heterocycles. The van der Waals surface area contributed by atoms with E-state index >= 15 is 0 Å². The second-order valence-corrected chi connectivity index (χ2v) is 9.29. The second-order valence-electron chi connectivity index (χ2n) is 7.47. The van der Waals surface area contributed by atoms with Crippen molar-refractivity contribution in [2.45, 2.75) is 11.8 Å². The fraction of sp³-hybridized carbons (Fsp3) is 0.200. The third-order valence-corrected chi connectivity index (χ3v) is 7.12. The minimum Gasteiger partial charge on any atom is -0.497 e. The molecular formula is C25H24N4O5S2. The van der Waals surface area contributed by atoms with Gasteiger partial charge in [-0.2, -0.15) is 0 Å². The molecule has 0 atom stereocenters. The molecule has 0 aliphatic carbocycles. The molecule has 0 radical (unpaired) electrons. The Labute approximate surface area is 216 Å². The Hall–Kier alpha value is -3.83. The van der Waals surface area contributed by atoms with Gasteiger partial charge in [0, 0.05) is 18.0 Å². The maximum Gasteiger partial charge on any atom is 0.341 e. The van der Waals surface area contributed by atoms with Gasteiger partial charge in [-0.15, -0.1) is 21.5 Å². The lowest BCUT2D eigenvalue weighted by Crippen LogP contribution is -2.16. The Kier molecular flexibility index (Phi) is 8.24. The fourth-order valence-corrected chi connectivity index (χ4v) is 4.99. The number of para-hydroxylation sites is 1. The van der Waals surface area contributed by atoms with Gasteiger partial charge >= 0.3 is 5.97 Å². The molecule has 9 nitrogen and oxygen atoms in total. The van der Waals surface area contributed by atoms with Crippen LogP contribution in [0.25, 0.3) is 11.1 Å². The lowest BCUT2D eigenvalue weighted by molar-refractivity contribution is -0.113. The van der Waals surface area contributed by atoms with Crippen molar-refractivity contribution >= 4 is 40.0 Å². The highest BCUT2D eigenvalue weighted by Crippen LogP contribution is 2.37. The van der Waals surface area contributed by atoms with Crippen LogP contribution in [0, 0.1) is 0 Å². The van der Waals surface area contributed by atoms with Crippen LogP contribution in [0.4, 0.5) is 5.00 Å². The number of thiophene rings is 1. The topological polar surface area (TPSA) is 105 Å². The summed E-state index contributed by atoms with van der Waals surface area (Å²) in [5, 5.41) is 14.0. The molecule has 4 aromatic rings. The monoisotopic (exact) mass is 524 g/mol. The first-order chi connectivity index (χ1) is 17.5. The molecule has 0 saturated carbocycles. The number of ether oxygens (including phenoxy) is 3. The van der Waals surface area contributed by atoms with Gasteiger partial charge in [0.05, 0.1) is 20.0 Å². The van der Waals surface area contributed by atoms with Crippen molar-refractivity contribution in [3.63, 3.8) is 0 Å². The maximum absolute atomic E-state index is 12.7. The Bertz CT molecular complexity index is 1340. The predicted molar refractivity (Wildman–Crippen MR) is 139 cm³/mol. The van der Waals surface area contributed by atoms with Gasteiger partial charge < -0.3 is 24.1 Å². The minimum atomic E-state index is -0.526. The average molecular weight is 525 g/mol. The third-order valence-electron chi connectivity index (χ3n) is 5.20. The van der Waals surface area contributed by atoms with Gasteiger partial charge in [0.15, 0.2) is 11.0 Å². The summed E-state index contributed by atoms with van der Waals surface area (Å²) < 4.78 is 17.7. The van der Waals surface area contributed by atoms with Crippen LogP contribution >= 0.6 is 23.1 Å². The van der Waals surface area contributed by atoms with E-state index in [4.69, 9.17) is 14.2 Å². The number of methoxy groups -OCH3 is 2. The highest BCUT2D eigenvalue weighted by Gasteiger charge is 2.23. The number of rotatable bonds is 10. The van der Waals surface area contributed by atoms with Crippen LogP contribution in [0.15, 0.2) is 65.1 Å². The zero-order valence-corrected chi connectivity index (χ0v) is 21.5. The molecule has 2 heterocycles. The van der Waals surface area contributed by atoms with Crippen LogP contribution in [-0.2, 0) is 23.2 Å². The number of anilines is 1. The number of aromatic nitrogens is 3. The van der Waals surface area contributed by atoms with Crippen LogP contribution in [0.3, 0.4) is 0 Å². The van der Waals surface area contributed by atoms with E-state index in [0.717, 1.165) is 11.3 Å². The van der Waals surface area contributed by atoms with Gasteiger partial charge in [-0.05, 0) is 29.8 Å². The minimum absolute atomic E-state index is 0.0852. The number of nitrogens with zero attached hydrogens (tertiary/aromatic N) is 3. The van der Waals surface area contributed by atoms with Crippen molar-refractivity contribution in [2.75, 3.05) is 25.3 Å². The molecule has 0 bridgehead atoms. The highest BCUT2D eigenvalue weighted by molar-refractivity contribution is 7.99. The van der Waals surface area contributed by atoms with E-state index in [1.54, 1.807) is 11.7 Å². The SMILES string of the molecule is COC(=O)c1c(-c2ccc(OC)cc2)csc1NC(=O)CSc1nnc(COc2ccccc2)n1C. The number of amides is 1. The second kappa shape index (κ2) is 11.7. The Morgan fingerprint density at radius 3 is 2.47 bits per heavy atom. The summed E-state index contributed by atoms with van der Waals surface area (Å²) in [4.78, 5) is 25.3. The number of hydrogen-bond acceptors (Lipinski definition) is 9. The molecule has 0 fully saturated rings. The quantitative estimate of drug-likeness (QED) is 0.236. The molecule has 4 rings (SSSR count). The van der Waals surface area contributed by atoms with Crippen molar-refractivity contribution in [3.8, 4) is 22.6 Å². The molecule has 36 heavy (non-hydrogen) atoms. The smallest absolute Gasteiger partial charge is 0.341 e. The molecule has 0 aliphatic heterocycles. The normalized spacial score (nSPS) is 10.6. The molecular weight excluding hydrogens is 500 g/mol. The zero-order chi connectivity index (χ0) is 25.5. The molecule has 2 aromatic carbocycles. The largest absolute Gasteiger partial charge is 0.497 e. The number of hydrogen-bond donors (Lipinski definition) is 1. The van der Waals surface area contributed by atoms with E-state index in [1.807, 2.05) is 67.0 Å². The highest BCUT2D eigenvalue weighted by atomic mass is 32.2. The van der Waals surface area contributed by atoms with Crippen molar-refractivity contribution in [3.05, 3.63) is 71.4 Å². The van der Waals surface area contributed by atoms with E-state index in [-0.39, 0.29) is 18.3 Å². The number of benzene rings is 2. The van der Waals surface area contributed by atoms with Gasteiger partial charge in [0.1, 0.15) is 28.7 Å². The lowest BCUT2D eigenvalue weighted by atomic mass is 10.0. The molecule has 0 aliphatic rings. The molecule has 0 unspecified atom stereocenters. The van der Waals surface area contributed by atoms with Gasteiger partial charge in [0.25, 0.3) is 0 Å². The van der Waals surface area contributed by atoms with Gasteiger partial charge in [-0.25, -0.2) is 4.79 Å². The Morgan fingerprint density at radius 2 is 1.78 bits per heavy atom. The number of nitrogens with one attached hydrogen (secondary N) is 1. The van der Waals surface area contributed by atoms with E-state index < -0.39 is 5.97 Å². The van der Waals surface area contributed by atoms with Crippen LogP contribution in [0.1, 0.15) is 16.2 Å². The molecule has 0 saturated heterocycles. The summed E-state index contributed by atoms with van der Waals surface area (Å²) in [6.07, 6.45) is 0. The lowest BCUT2D eigenvalue weighted by Gasteiger charge is -2.08. The molecule has 11 heteroatoms. The van der Waals surface area contributed by atoms with Crippen LogP contribution < -0.4 is 14.8 Å². The predicted octanol–water partition coefficient (Wildman–Crippen LogP) is 4.65. The summed E-state index contributed by atoms with van der Waals surface area (Å²) in [5.41, 5.74) is 1.80. The van der Waals surface area contributed by atoms with Gasteiger partial charge in [0.2, 0.25) is 5.91 Å². The fourth-order valence-electron chi connectivity index (χ4n) is 3.29. The molecule has 1 N–H and O–H groups in total. The first-order valence-corrected chi connectivity index (χ1v) is 12.7. The average Bonchev–Trinajstić information content (AvgIpc) is 3.49. The van der Waals surface area contributed by atoms with Crippen molar-refractivity contribution in [1.82, 2.24) is 14.8 Å². The number of carbonyl (C=O) groups excluding carboxylic acids is 2.